The first-order chi connectivity index (χ1) is 16.9. The van der Waals surface area contributed by atoms with Crippen LogP contribution in [0.1, 0.15) is 28.7 Å². The van der Waals surface area contributed by atoms with Gasteiger partial charge in [0.05, 0.1) is 4.90 Å². The molecule has 1 atom stereocenters. The zero-order chi connectivity index (χ0) is 24.4. The van der Waals surface area contributed by atoms with Gasteiger partial charge in [0.15, 0.2) is 0 Å². The molecule has 7 nitrogen and oxygen atoms in total. The largest absolute Gasteiger partial charge is 0.337 e. The van der Waals surface area contributed by atoms with Crippen LogP contribution in [0.2, 0.25) is 0 Å². The summed E-state index contributed by atoms with van der Waals surface area (Å²) in [5.41, 5.74) is 4.58. The molecule has 35 heavy (non-hydrogen) atoms. The first-order valence-corrected chi connectivity index (χ1v) is 13.2. The van der Waals surface area contributed by atoms with E-state index in [1.807, 2.05) is 48.5 Å². The smallest absolute Gasteiger partial charge is 0.241 e. The maximum atomic E-state index is 13.6. The Bertz CT molecular complexity index is 1370. The molecule has 0 spiro atoms. The lowest BCUT2D eigenvalue weighted by Gasteiger charge is -2.32. The maximum Gasteiger partial charge on any atom is 0.241 e. The van der Waals surface area contributed by atoms with Crippen molar-refractivity contribution in [3.63, 3.8) is 0 Å². The molecule has 2 aliphatic rings. The van der Waals surface area contributed by atoms with Crippen LogP contribution in [0, 0.1) is 0 Å². The predicted octanol–water partition coefficient (Wildman–Crippen LogP) is 3.05. The summed E-state index contributed by atoms with van der Waals surface area (Å²) in [7, 11) is -3.98. The number of hydrogen-bond acceptors (Lipinski definition) is 4. The van der Waals surface area contributed by atoms with Crippen molar-refractivity contribution in [2.75, 3.05) is 11.9 Å². The molecule has 180 valence electrons. The van der Waals surface area contributed by atoms with Gasteiger partial charge in [0.1, 0.15) is 6.04 Å². The molecule has 0 saturated carbocycles. The van der Waals surface area contributed by atoms with E-state index in [2.05, 4.69) is 16.1 Å². The highest BCUT2D eigenvalue weighted by Gasteiger charge is 2.31. The zero-order valence-electron chi connectivity index (χ0n) is 19.2. The monoisotopic (exact) mass is 489 g/mol. The van der Waals surface area contributed by atoms with E-state index in [0.717, 1.165) is 23.1 Å². The van der Waals surface area contributed by atoms with Crippen molar-refractivity contribution in [1.82, 2.24) is 9.62 Å². The Hall–Kier alpha value is -3.49. The summed E-state index contributed by atoms with van der Waals surface area (Å²) in [6.07, 6.45) is 1.78. The quantitative estimate of drug-likeness (QED) is 0.556. The second-order valence-electron chi connectivity index (χ2n) is 9.01. The van der Waals surface area contributed by atoms with Crippen molar-refractivity contribution in [2.24, 2.45) is 0 Å². The van der Waals surface area contributed by atoms with Crippen molar-refractivity contribution in [2.45, 2.75) is 43.2 Å². The molecule has 5 rings (SSSR count). The van der Waals surface area contributed by atoms with Crippen LogP contribution in [-0.2, 0) is 45.4 Å². The van der Waals surface area contributed by atoms with Crippen molar-refractivity contribution >= 4 is 27.5 Å². The SMILES string of the molecule is O=C1CCc2cc(S(=O)(=O)N[C@@H](Cc3ccccc3)C(=O)N3CCc4ccccc4C3)ccc2N1. The van der Waals surface area contributed by atoms with E-state index in [9.17, 15) is 18.0 Å². The molecule has 2 aliphatic heterocycles. The summed E-state index contributed by atoms with van der Waals surface area (Å²) in [5, 5.41) is 2.77. The lowest BCUT2D eigenvalue weighted by atomic mass is 9.98. The van der Waals surface area contributed by atoms with Gasteiger partial charge in [0.25, 0.3) is 0 Å². The lowest BCUT2D eigenvalue weighted by molar-refractivity contribution is -0.134. The molecule has 8 heteroatoms. The topological polar surface area (TPSA) is 95.6 Å². The summed E-state index contributed by atoms with van der Waals surface area (Å²) in [6.45, 7) is 1.00. The Morgan fingerprint density at radius 1 is 0.914 bits per heavy atom. The highest BCUT2D eigenvalue weighted by atomic mass is 32.2. The Morgan fingerprint density at radius 2 is 1.66 bits per heavy atom. The van der Waals surface area contributed by atoms with E-state index < -0.39 is 16.1 Å². The van der Waals surface area contributed by atoms with E-state index in [4.69, 9.17) is 0 Å². The van der Waals surface area contributed by atoms with Gasteiger partial charge < -0.3 is 10.2 Å². The molecule has 2 amide bonds. The van der Waals surface area contributed by atoms with E-state index in [-0.39, 0.29) is 23.1 Å². The molecule has 0 saturated heterocycles. The molecular formula is C27H27N3O4S. The first kappa shape index (κ1) is 23.3. The van der Waals surface area contributed by atoms with Crippen LogP contribution in [-0.4, -0.2) is 37.7 Å². The van der Waals surface area contributed by atoms with E-state index in [1.54, 1.807) is 17.0 Å². The Kier molecular flexibility index (Phi) is 6.40. The fourth-order valence-corrected chi connectivity index (χ4v) is 5.96. The minimum atomic E-state index is -3.98. The molecule has 3 aromatic carbocycles. The summed E-state index contributed by atoms with van der Waals surface area (Å²) in [6, 6.07) is 21.2. The van der Waals surface area contributed by atoms with E-state index in [1.165, 1.54) is 11.6 Å². The standard InChI is InChI=1S/C27H27N3O4S/c31-26-13-10-21-17-23(11-12-24(21)28-26)35(33,34)29-25(16-19-6-2-1-3-7-19)27(32)30-15-14-20-8-4-5-9-22(20)18-30/h1-9,11-12,17,25,29H,10,13-16,18H2,(H,28,31)/t25-/m0/s1. The fraction of sp³-hybridized carbons (Fsp3) is 0.259. The van der Waals surface area contributed by atoms with Gasteiger partial charge >= 0.3 is 0 Å². The molecule has 0 aliphatic carbocycles. The number of nitrogens with one attached hydrogen (secondary N) is 2. The van der Waals surface area contributed by atoms with Crippen LogP contribution in [0.15, 0.2) is 77.7 Å². The Labute approximate surface area is 205 Å². The number of benzene rings is 3. The van der Waals surface area contributed by atoms with Crippen molar-refractivity contribution in [3.8, 4) is 0 Å². The molecule has 0 radical (unpaired) electrons. The van der Waals surface area contributed by atoms with Crippen LogP contribution >= 0.6 is 0 Å². The maximum absolute atomic E-state index is 13.6. The van der Waals surface area contributed by atoms with Gasteiger partial charge in [0, 0.05) is 25.2 Å². The number of amides is 2. The molecule has 0 bridgehead atoms. The number of anilines is 1. The van der Waals surface area contributed by atoms with Gasteiger partial charge in [-0.15, -0.1) is 0 Å². The zero-order valence-corrected chi connectivity index (χ0v) is 20.1. The Balaban J connectivity index is 1.41. The summed E-state index contributed by atoms with van der Waals surface area (Å²) < 4.78 is 29.5. The summed E-state index contributed by atoms with van der Waals surface area (Å²) in [5.74, 6) is -0.319. The minimum Gasteiger partial charge on any atom is -0.337 e. The average Bonchev–Trinajstić information content (AvgIpc) is 2.87. The van der Waals surface area contributed by atoms with Gasteiger partial charge in [-0.1, -0.05) is 54.6 Å². The first-order valence-electron chi connectivity index (χ1n) is 11.7. The van der Waals surface area contributed by atoms with Crippen molar-refractivity contribution in [1.29, 1.82) is 0 Å². The number of carbonyl (C=O) groups is 2. The number of aryl methyl sites for hydroxylation is 1. The van der Waals surface area contributed by atoms with Crippen LogP contribution in [0.4, 0.5) is 5.69 Å². The van der Waals surface area contributed by atoms with Crippen LogP contribution in [0.3, 0.4) is 0 Å². The molecular weight excluding hydrogens is 462 g/mol. The van der Waals surface area contributed by atoms with Gasteiger partial charge in [0.2, 0.25) is 21.8 Å². The summed E-state index contributed by atoms with van der Waals surface area (Å²) >= 11 is 0. The highest BCUT2D eigenvalue weighted by Crippen LogP contribution is 2.26. The number of nitrogens with zero attached hydrogens (tertiary/aromatic N) is 1. The summed E-state index contributed by atoms with van der Waals surface area (Å²) in [4.78, 5) is 27.1. The molecule has 2 N–H and O–H groups in total. The molecule has 3 aromatic rings. The third-order valence-corrected chi connectivity index (χ3v) is 8.07. The minimum absolute atomic E-state index is 0.0807. The van der Waals surface area contributed by atoms with Crippen molar-refractivity contribution < 1.29 is 18.0 Å². The Morgan fingerprint density at radius 3 is 2.46 bits per heavy atom. The normalized spacial score (nSPS) is 16.1. The van der Waals surface area contributed by atoms with Gasteiger partial charge in [-0.05, 0) is 59.7 Å². The molecule has 2 heterocycles. The second-order valence-corrected chi connectivity index (χ2v) is 10.7. The highest BCUT2D eigenvalue weighted by molar-refractivity contribution is 7.89. The van der Waals surface area contributed by atoms with Gasteiger partial charge in [-0.2, -0.15) is 4.72 Å². The lowest BCUT2D eigenvalue weighted by Crippen LogP contribution is -2.50. The number of rotatable bonds is 6. The van der Waals surface area contributed by atoms with Gasteiger partial charge in [-0.3, -0.25) is 9.59 Å². The van der Waals surface area contributed by atoms with E-state index in [0.29, 0.717) is 31.6 Å². The van der Waals surface area contributed by atoms with Crippen LogP contribution < -0.4 is 10.0 Å². The third-order valence-electron chi connectivity index (χ3n) is 6.60. The number of hydrogen-bond donors (Lipinski definition) is 2. The fourth-order valence-electron chi connectivity index (χ4n) is 4.72. The molecule has 0 aromatic heterocycles. The van der Waals surface area contributed by atoms with Crippen LogP contribution in [0.5, 0.6) is 0 Å². The third kappa shape index (κ3) is 5.13. The molecule has 0 unspecified atom stereocenters. The second kappa shape index (κ2) is 9.64. The predicted molar refractivity (Wildman–Crippen MR) is 133 cm³/mol. The number of sulfonamides is 1. The number of fused-ring (bicyclic) bond motifs is 2. The average molecular weight is 490 g/mol. The van der Waals surface area contributed by atoms with Gasteiger partial charge in [-0.25, -0.2) is 8.42 Å². The number of carbonyl (C=O) groups excluding carboxylic acids is 2. The van der Waals surface area contributed by atoms with Crippen LogP contribution in [0.25, 0.3) is 0 Å². The van der Waals surface area contributed by atoms with Crippen molar-refractivity contribution in [3.05, 3.63) is 95.1 Å². The molecule has 0 fully saturated rings. The van der Waals surface area contributed by atoms with E-state index >= 15 is 0 Å².